The molecule has 0 aromatic heterocycles. The second-order valence-electron chi connectivity index (χ2n) is 7.73. The number of amides is 2. The number of carbonyl (C=O) groups excluding carboxylic acids is 2. The van der Waals surface area contributed by atoms with Gasteiger partial charge in [0.2, 0.25) is 0 Å². The molecule has 0 aliphatic heterocycles. The summed E-state index contributed by atoms with van der Waals surface area (Å²) in [5.41, 5.74) is 4.73. The third-order valence-corrected chi connectivity index (χ3v) is 5.31. The van der Waals surface area contributed by atoms with Gasteiger partial charge in [-0.3, -0.25) is 9.59 Å². The van der Waals surface area contributed by atoms with Crippen molar-refractivity contribution >= 4 is 17.5 Å². The first-order chi connectivity index (χ1) is 13.6. The molecule has 5 nitrogen and oxygen atoms in total. The van der Waals surface area contributed by atoms with Crippen molar-refractivity contribution in [2.75, 3.05) is 11.9 Å². The zero-order valence-electron chi connectivity index (χ0n) is 16.2. The molecule has 2 amide bonds. The summed E-state index contributed by atoms with van der Waals surface area (Å²) in [6.45, 7) is 2.03. The number of fused-ring (bicyclic) bond motifs is 1. The Labute approximate surface area is 165 Å². The minimum atomic E-state index is -0.0956. The number of hydrogen-bond acceptors (Lipinski definition) is 3. The van der Waals surface area contributed by atoms with Gasteiger partial charge in [-0.15, -0.1) is 0 Å². The molecule has 0 spiro atoms. The van der Waals surface area contributed by atoms with Gasteiger partial charge in [-0.1, -0.05) is 12.1 Å². The fourth-order valence-electron chi connectivity index (χ4n) is 3.74. The van der Waals surface area contributed by atoms with Crippen LogP contribution in [0.5, 0.6) is 5.75 Å². The Bertz CT molecular complexity index is 903. The Morgan fingerprint density at radius 3 is 2.61 bits per heavy atom. The van der Waals surface area contributed by atoms with Crippen molar-refractivity contribution in [2.24, 2.45) is 0 Å². The molecule has 1 fully saturated rings. The molecule has 0 unspecified atom stereocenters. The first-order valence-electron chi connectivity index (χ1n) is 10.0. The Morgan fingerprint density at radius 2 is 1.86 bits per heavy atom. The van der Waals surface area contributed by atoms with E-state index < -0.39 is 0 Å². The quantitative estimate of drug-likeness (QED) is 0.804. The summed E-state index contributed by atoms with van der Waals surface area (Å²) >= 11 is 0. The lowest BCUT2D eigenvalue weighted by atomic mass is 9.87. The molecule has 2 aromatic carbocycles. The average molecular weight is 378 g/mol. The second kappa shape index (κ2) is 8.05. The molecule has 1 saturated carbocycles. The minimum Gasteiger partial charge on any atom is -0.483 e. The molecule has 0 saturated heterocycles. The first kappa shape index (κ1) is 18.5. The van der Waals surface area contributed by atoms with Crippen molar-refractivity contribution in [1.82, 2.24) is 5.32 Å². The summed E-state index contributed by atoms with van der Waals surface area (Å²) in [5, 5.41) is 5.94. The van der Waals surface area contributed by atoms with E-state index in [9.17, 15) is 9.59 Å². The number of carbonyl (C=O) groups is 2. The summed E-state index contributed by atoms with van der Waals surface area (Å²) in [5.74, 6) is 0.558. The smallest absolute Gasteiger partial charge is 0.258 e. The van der Waals surface area contributed by atoms with Crippen molar-refractivity contribution in [2.45, 2.75) is 51.5 Å². The van der Waals surface area contributed by atoms with Crippen LogP contribution in [0.3, 0.4) is 0 Å². The van der Waals surface area contributed by atoms with Crippen LogP contribution in [0.4, 0.5) is 5.69 Å². The number of ether oxygens (including phenoxy) is 1. The molecule has 5 heteroatoms. The number of nitrogens with one attached hydrogen (secondary N) is 2. The van der Waals surface area contributed by atoms with E-state index in [0.29, 0.717) is 11.6 Å². The largest absolute Gasteiger partial charge is 0.483 e. The molecule has 2 N–H and O–H groups in total. The highest BCUT2D eigenvalue weighted by atomic mass is 16.5. The topological polar surface area (TPSA) is 67.4 Å². The third-order valence-electron chi connectivity index (χ3n) is 5.31. The van der Waals surface area contributed by atoms with Crippen LogP contribution < -0.4 is 15.4 Å². The van der Waals surface area contributed by atoms with Crippen LogP contribution in [0.1, 0.15) is 52.7 Å². The highest BCUT2D eigenvalue weighted by molar-refractivity contribution is 6.05. The number of hydrogen-bond donors (Lipinski definition) is 2. The molecule has 0 bridgehead atoms. The van der Waals surface area contributed by atoms with Crippen LogP contribution in [-0.4, -0.2) is 24.5 Å². The van der Waals surface area contributed by atoms with E-state index in [0.717, 1.165) is 66.7 Å². The fourth-order valence-corrected chi connectivity index (χ4v) is 3.74. The van der Waals surface area contributed by atoms with E-state index in [1.807, 2.05) is 43.3 Å². The van der Waals surface area contributed by atoms with Crippen LogP contribution in [-0.2, 0) is 17.6 Å². The molecule has 2 aromatic rings. The van der Waals surface area contributed by atoms with Crippen LogP contribution in [0, 0.1) is 6.92 Å². The molecule has 2 aliphatic carbocycles. The summed E-state index contributed by atoms with van der Waals surface area (Å²) in [7, 11) is 0. The zero-order chi connectivity index (χ0) is 19.5. The Hall–Kier alpha value is -2.82. The lowest BCUT2D eigenvalue weighted by Gasteiger charge is -2.22. The van der Waals surface area contributed by atoms with Crippen LogP contribution in [0.2, 0.25) is 0 Å². The lowest BCUT2D eigenvalue weighted by molar-refractivity contribution is -0.123. The molecule has 28 heavy (non-hydrogen) atoms. The summed E-state index contributed by atoms with van der Waals surface area (Å²) in [6.07, 6.45) is 5.99. The lowest BCUT2D eigenvalue weighted by Crippen LogP contribution is -2.30. The van der Waals surface area contributed by atoms with Crippen molar-refractivity contribution < 1.29 is 14.3 Å². The van der Waals surface area contributed by atoms with Crippen molar-refractivity contribution in [3.63, 3.8) is 0 Å². The minimum absolute atomic E-state index is 0.0256. The maximum Gasteiger partial charge on any atom is 0.258 e. The van der Waals surface area contributed by atoms with Crippen molar-refractivity contribution in [3.05, 3.63) is 58.7 Å². The maximum absolute atomic E-state index is 12.9. The summed E-state index contributed by atoms with van der Waals surface area (Å²) in [4.78, 5) is 24.8. The van der Waals surface area contributed by atoms with Gasteiger partial charge in [0.05, 0.1) is 0 Å². The van der Waals surface area contributed by atoms with Gasteiger partial charge in [0.1, 0.15) is 5.75 Å². The van der Waals surface area contributed by atoms with Gasteiger partial charge >= 0.3 is 0 Å². The van der Waals surface area contributed by atoms with E-state index >= 15 is 0 Å². The molecular formula is C23H26N2O3. The van der Waals surface area contributed by atoms with E-state index in [2.05, 4.69) is 10.6 Å². The SMILES string of the molecule is Cc1cccc(NC(=O)c2ccc(OCC(=O)NC3CC3)c3c2CCCC3)c1. The Morgan fingerprint density at radius 1 is 1.07 bits per heavy atom. The highest BCUT2D eigenvalue weighted by Crippen LogP contribution is 2.33. The summed E-state index contributed by atoms with van der Waals surface area (Å²) < 4.78 is 5.82. The third kappa shape index (κ3) is 4.35. The van der Waals surface area contributed by atoms with Gasteiger partial charge in [-0.2, -0.15) is 0 Å². The van der Waals surface area contributed by atoms with E-state index in [-0.39, 0.29) is 18.4 Å². The highest BCUT2D eigenvalue weighted by Gasteiger charge is 2.25. The van der Waals surface area contributed by atoms with E-state index in [1.54, 1.807) is 0 Å². The molecule has 0 radical (unpaired) electrons. The van der Waals surface area contributed by atoms with Gasteiger partial charge in [-0.05, 0) is 86.4 Å². The molecular weight excluding hydrogens is 352 g/mol. The first-order valence-corrected chi connectivity index (χ1v) is 10.0. The van der Waals surface area contributed by atoms with Crippen LogP contribution >= 0.6 is 0 Å². The molecule has 0 heterocycles. The Kier molecular flexibility index (Phi) is 5.33. The van der Waals surface area contributed by atoms with E-state index in [4.69, 9.17) is 4.74 Å². The van der Waals surface area contributed by atoms with Crippen molar-refractivity contribution in [3.8, 4) is 5.75 Å². The maximum atomic E-state index is 12.9. The number of anilines is 1. The monoisotopic (exact) mass is 378 g/mol. The van der Waals surface area contributed by atoms with Gasteiger partial charge < -0.3 is 15.4 Å². The standard InChI is InChI=1S/C23H26N2O3/c1-15-5-4-6-17(13-15)25-23(27)20-11-12-21(19-8-3-2-7-18(19)20)28-14-22(26)24-16-9-10-16/h4-6,11-13,16H,2-3,7-10,14H2,1H3,(H,24,26)(H,25,27). The normalized spacial score (nSPS) is 15.5. The van der Waals surface area contributed by atoms with Crippen molar-refractivity contribution in [1.29, 1.82) is 0 Å². The molecule has 146 valence electrons. The molecule has 2 aliphatic rings. The number of rotatable bonds is 6. The van der Waals surface area contributed by atoms with Crippen LogP contribution in [0.15, 0.2) is 36.4 Å². The predicted molar refractivity (Wildman–Crippen MR) is 109 cm³/mol. The predicted octanol–water partition coefficient (Wildman–Crippen LogP) is 3.78. The molecule has 4 rings (SSSR count). The van der Waals surface area contributed by atoms with Gasteiger partial charge in [0.15, 0.2) is 6.61 Å². The fraction of sp³-hybridized carbons (Fsp3) is 0.391. The summed E-state index contributed by atoms with van der Waals surface area (Å²) in [6, 6.07) is 11.8. The Balaban J connectivity index is 1.51. The average Bonchev–Trinajstić information content (AvgIpc) is 3.50. The molecule has 0 atom stereocenters. The zero-order valence-corrected chi connectivity index (χ0v) is 16.2. The second-order valence-corrected chi connectivity index (χ2v) is 7.73. The van der Waals surface area contributed by atoms with Gasteiger partial charge in [0, 0.05) is 17.3 Å². The van der Waals surface area contributed by atoms with Gasteiger partial charge in [-0.25, -0.2) is 0 Å². The van der Waals surface area contributed by atoms with Gasteiger partial charge in [0.25, 0.3) is 11.8 Å². The number of benzene rings is 2. The van der Waals surface area contributed by atoms with E-state index in [1.165, 1.54) is 0 Å². The van der Waals surface area contributed by atoms with Crippen LogP contribution in [0.25, 0.3) is 0 Å². The number of aryl methyl sites for hydroxylation is 1.